The molecule has 3 heterocycles. The van der Waals surface area contributed by atoms with Crippen molar-refractivity contribution in [2.45, 2.75) is 37.7 Å². The number of hydrogen-bond donors (Lipinski definition) is 0. The summed E-state index contributed by atoms with van der Waals surface area (Å²) in [6.07, 6.45) is 12.6. The largest absolute Gasteiger partial charge is 0.495 e. The van der Waals surface area contributed by atoms with Gasteiger partial charge in [0.15, 0.2) is 5.60 Å². The van der Waals surface area contributed by atoms with Gasteiger partial charge < -0.3 is 28.7 Å². The molecule has 5 aliphatic rings. The Labute approximate surface area is 297 Å². The van der Waals surface area contributed by atoms with Crippen molar-refractivity contribution in [3.63, 3.8) is 0 Å². The Hall–Kier alpha value is -4.66. The van der Waals surface area contributed by atoms with E-state index in [9.17, 15) is 0 Å². The number of nitrogens with zero attached hydrogens (tertiary/aromatic N) is 2. The second kappa shape index (κ2) is 12.2. The normalized spacial score (nSPS) is 21.9. The van der Waals surface area contributed by atoms with Crippen molar-refractivity contribution < 1.29 is 27.7 Å². The molecule has 1 unspecified atom stereocenters. The minimum atomic E-state index is -0.883. The zero-order chi connectivity index (χ0) is 34.9. The van der Waals surface area contributed by atoms with Gasteiger partial charge in [-0.15, -0.1) is 0 Å². The summed E-state index contributed by atoms with van der Waals surface area (Å²) in [6, 6.07) is 15.4. The lowest BCUT2D eigenvalue weighted by molar-refractivity contribution is 0.122. The number of methoxy groups -OCH3 is 1. The van der Waals surface area contributed by atoms with Crippen LogP contribution in [0, 0.1) is 11.6 Å². The van der Waals surface area contributed by atoms with E-state index in [0.717, 1.165) is 95.2 Å². The summed E-state index contributed by atoms with van der Waals surface area (Å²) >= 11 is 0. The highest BCUT2D eigenvalue weighted by Crippen LogP contribution is 2.60. The predicted molar refractivity (Wildman–Crippen MR) is 198 cm³/mol. The number of ether oxygens (including phenoxy) is 4. The molecule has 4 aromatic carbocycles. The third kappa shape index (κ3) is 5.01. The van der Waals surface area contributed by atoms with Crippen molar-refractivity contribution in [1.82, 2.24) is 0 Å². The van der Waals surface area contributed by atoms with Gasteiger partial charge in [-0.05, 0) is 76.9 Å². The zero-order valence-electron chi connectivity index (χ0n) is 29.4. The van der Waals surface area contributed by atoms with Gasteiger partial charge in [0, 0.05) is 65.4 Å². The van der Waals surface area contributed by atoms with Crippen molar-refractivity contribution in [3.05, 3.63) is 112 Å². The molecule has 0 N–H and O–H groups in total. The SMILES string of the molecule is COc1cc2c3c(c4c(c2cc1N1CCOCC1)-c1cc(F)cc(F)c1C4(C)C)C=CC(C1=CC=CCC1)(c1ccc(N2CCOCC2)cc1)O3. The van der Waals surface area contributed by atoms with E-state index in [-0.39, 0.29) is 0 Å². The Morgan fingerprint density at radius 2 is 1.55 bits per heavy atom. The Bertz CT molecular complexity index is 2140. The molecular formula is C43H42F2N2O4. The van der Waals surface area contributed by atoms with Crippen molar-refractivity contribution in [3.8, 4) is 22.6 Å². The highest BCUT2D eigenvalue weighted by atomic mass is 19.1. The quantitative estimate of drug-likeness (QED) is 0.209. The lowest BCUT2D eigenvalue weighted by atomic mass is 9.75. The average Bonchev–Trinajstić information content (AvgIpc) is 3.41. The maximum atomic E-state index is 15.9. The van der Waals surface area contributed by atoms with Gasteiger partial charge in [0.05, 0.1) is 39.2 Å². The predicted octanol–water partition coefficient (Wildman–Crippen LogP) is 8.68. The zero-order valence-corrected chi connectivity index (χ0v) is 29.4. The number of allylic oxidation sites excluding steroid dienone is 3. The van der Waals surface area contributed by atoms with Crippen LogP contribution in [-0.4, -0.2) is 59.7 Å². The van der Waals surface area contributed by atoms with Crippen LogP contribution in [0.25, 0.3) is 28.0 Å². The van der Waals surface area contributed by atoms with Crippen molar-refractivity contribution in [2.75, 3.05) is 69.5 Å². The molecule has 8 heteroatoms. The molecule has 0 aromatic heterocycles. The molecule has 2 saturated heterocycles. The summed E-state index contributed by atoms with van der Waals surface area (Å²) in [7, 11) is 1.69. The second-order valence-corrected chi connectivity index (χ2v) is 14.6. The van der Waals surface area contributed by atoms with Crippen LogP contribution < -0.4 is 19.3 Å². The minimum absolute atomic E-state index is 0.501. The maximum Gasteiger partial charge on any atom is 0.174 e. The van der Waals surface area contributed by atoms with E-state index in [1.807, 2.05) is 13.8 Å². The van der Waals surface area contributed by atoms with Crippen LogP contribution in [0.3, 0.4) is 0 Å². The molecule has 2 fully saturated rings. The number of benzene rings is 4. The van der Waals surface area contributed by atoms with Gasteiger partial charge in [0.25, 0.3) is 0 Å². The van der Waals surface area contributed by atoms with E-state index in [2.05, 4.69) is 76.6 Å². The van der Waals surface area contributed by atoms with Gasteiger partial charge >= 0.3 is 0 Å². The lowest BCUT2D eigenvalue weighted by Gasteiger charge is -2.40. The Balaban J connectivity index is 1.30. The van der Waals surface area contributed by atoms with Crippen molar-refractivity contribution >= 4 is 28.2 Å². The Kier molecular flexibility index (Phi) is 7.74. The maximum absolute atomic E-state index is 15.9. The number of rotatable bonds is 5. The molecule has 0 saturated carbocycles. The van der Waals surface area contributed by atoms with Gasteiger partial charge in [0.1, 0.15) is 23.1 Å². The minimum Gasteiger partial charge on any atom is -0.495 e. The molecule has 0 amide bonds. The van der Waals surface area contributed by atoms with E-state index < -0.39 is 22.7 Å². The number of hydrogen-bond acceptors (Lipinski definition) is 6. The fourth-order valence-electron chi connectivity index (χ4n) is 9.00. The third-order valence-corrected chi connectivity index (χ3v) is 11.4. The number of anilines is 2. The Morgan fingerprint density at radius 1 is 0.824 bits per heavy atom. The highest BCUT2D eigenvalue weighted by Gasteiger charge is 2.46. The molecule has 0 spiro atoms. The molecule has 1 atom stereocenters. The first-order valence-electron chi connectivity index (χ1n) is 18.0. The fourth-order valence-corrected chi connectivity index (χ4v) is 9.00. The topological polar surface area (TPSA) is 43.4 Å². The smallest absolute Gasteiger partial charge is 0.174 e. The van der Waals surface area contributed by atoms with Crippen LogP contribution >= 0.6 is 0 Å². The van der Waals surface area contributed by atoms with Crippen molar-refractivity contribution in [2.24, 2.45) is 0 Å². The van der Waals surface area contributed by atoms with E-state index in [4.69, 9.17) is 18.9 Å². The first-order chi connectivity index (χ1) is 24.8. The first kappa shape index (κ1) is 32.3. The van der Waals surface area contributed by atoms with Crippen LogP contribution in [-0.2, 0) is 20.5 Å². The van der Waals surface area contributed by atoms with E-state index in [1.165, 1.54) is 6.07 Å². The molecule has 2 aliphatic carbocycles. The van der Waals surface area contributed by atoms with Gasteiger partial charge in [-0.3, -0.25) is 0 Å². The summed E-state index contributed by atoms with van der Waals surface area (Å²) in [5.74, 6) is 0.302. The summed E-state index contributed by atoms with van der Waals surface area (Å²) in [6.45, 7) is 9.88. The fraction of sp³-hybridized carbons (Fsp3) is 0.349. The monoisotopic (exact) mass is 688 g/mol. The van der Waals surface area contributed by atoms with Gasteiger partial charge in [0.2, 0.25) is 0 Å². The molecule has 262 valence electrons. The van der Waals surface area contributed by atoms with Crippen LogP contribution in [0.15, 0.2) is 78.4 Å². The van der Waals surface area contributed by atoms with E-state index >= 15 is 8.78 Å². The number of fused-ring (bicyclic) bond motifs is 8. The summed E-state index contributed by atoms with van der Waals surface area (Å²) < 4.78 is 55.9. The average molecular weight is 689 g/mol. The molecular weight excluding hydrogens is 646 g/mol. The van der Waals surface area contributed by atoms with Crippen LogP contribution in [0.1, 0.15) is 48.9 Å². The van der Waals surface area contributed by atoms with Gasteiger partial charge in [-0.1, -0.05) is 50.3 Å². The second-order valence-electron chi connectivity index (χ2n) is 14.6. The molecule has 0 radical (unpaired) electrons. The lowest BCUT2D eigenvalue weighted by Crippen LogP contribution is -2.37. The molecule has 3 aliphatic heterocycles. The first-order valence-corrected chi connectivity index (χ1v) is 18.0. The van der Waals surface area contributed by atoms with Crippen LogP contribution in [0.2, 0.25) is 0 Å². The number of morpholine rings is 2. The van der Waals surface area contributed by atoms with Gasteiger partial charge in [-0.2, -0.15) is 0 Å². The van der Waals surface area contributed by atoms with Crippen molar-refractivity contribution in [1.29, 1.82) is 0 Å². The summed E-state index contributed by atoms with van der Waals surface area (Å²) in [5, 5.41) is 1.73. The standard InChI is InChI=1S/C43H42F2N2O4/c1-42(2)39-34(23-29(44)24-35(39)45)38-32-25-36(47-17-21-50-22-18-47)37(48-3)26-33(32)41-31(40(38)42)13-14-43(51-41,27-7-5-4-6-8-27)28-9-11-30(12-10-28)46-15-19-49-20-16-46/h4-5,7,9-14,23-26H,6,8,15-22H2,1-3H3. The van der Waals surface area contributed by atoms with E-state index in [0.29, 0.717) is 48.9 Å². The molecule has 9 rings (SSSR count). The van der Waals surface area contributed by atoms with E-state index in [1.54, 1.807) is 7.11 Å². The molecule has 51 heavy (non-hydrogen) atoms. The third-order valence-electron chi connectivity index (χ3n) is 11.4. The number of halogens is 2. The highest BCUT2D eigenvalue weighted by molar-refractivity contribution is 6.10. The summed E-state index contributed by atoms with van der Waals surface area (Å²) in [4.78, 5) is 4.62. The van der Waals surface area contributed by atoms with Gasteiger partial charge in [-0.25, -0.2) is 8.78 Å². The molecule has 4 aromatic rings. The Morgan fingerprint density at radius 3 is 2.24 bits per heavy atom. The molecule has 0 bridgehead atoms. The summed E-state index contributed by atoms with van der Waals surface area (Å²) in [5.41, 5.74) is 6.38. The van der Waals surface area contributed by atoms with Crippen LogP contribution in [0.4, 0.5) is 20.2 Å². The molecule has 6 nitrogen and oxygen atoms in total. The van der Waals surface area contributed by atoms with Crippen LogP contribution in [0.5, 0.6) is 11.5 Å².